The van der Waals surface area contributed by atoms with Crippen LogP contribution in [0.3, 0.4) is 0 Å². The monoisotopic (exact) mass is 283 g/mol. The minimum Gasteiger partial charge on any atom is -0.508 e. The molecule has 0 spiro atoms. The van der Waals surface area contributed by atoms with Crippen LogP contribution >= 0.6 is 0 Å². The molecule has 1 aromatic carbocycles. The number of phenolic OH excluding ortho intramolecular Hbond substituents is 1. The predicted molar refractivity (Wildman–Crippen MR) is 75.9 cm³/mol. The molecule has 1 aliphatic rings. The molecule has 1 aromatic rings. The molecular formula is C14H21NO3S. The summed E-state index contributed by atoms with van der Waals surface area (Å²) in [7, 11) is -2.81. The molecule has 0 bridgehead atoms. The van der Waals surface area contributed by atoms with E-state index in [1.54, 1.807) is 12.1 Å². The van der Waals surface area contributed by atoms with Gasteiger partial charge in [-0.1, -0.05) is 25.1 Å². The average Bonchev–Trinajstić information content (AvgIpc) is 2.72. The van der Waals surface area contributed by atoms with Gasteiger partial charge in [-0.25, -0.2) is 8.42 Å². The SMILES string of the molecule is CCC(NCC1CCS(=O)(=O)C1)c1ccccc1O. The van der Waals surface area contributed by atoms with Gasteiger partial charge in [0.1, 0.15) is 5.75 Å². The van der Waals surface area contributed by atoms with Gasteiger partial charge in [-0.2, -0.15) is 0 Å². The fourth-order valence-electron chi connectivity index (χ4n) is 2.60. The highest BCUT2D eigenvalue weighted by Crippen LogP contribution is 2.26. The number of hydrogen-bond acceptors (Lipinski definition) is 4. The molecule has 0 aliphatic carbocycles. The molecule has 5 heteroatoms. The molecular weight excluding hydrogens is 262 g/mol. The maximum Gasteiger partial charge on any atom is 0.150 e. The Labute approximate surface area is 114 Å². The highest BCUT2D eigenvalue weighted by atomic mass is 32.2. The van der Waals surface area contributed by atoms with Gasteiger partial charge in [-0.15, -0.1) is 0 Å². The van der Waals surface area contributed by atoms with E-state index in [4.69, 9.17) is 0 Å². The van der Waals surface area contributed by atoms with Gasteiger partial charge in [0.15, 0.2) is 9.84 Å². The Morgan fingerprint density at radius 2 is 2.16 bits per heavy atom. The number of aromatic hydroxyl groups is 1. The first-order chi connectivity index (χ1) is 9.02. The van der Waals surface area contributed by atoms with Crippen LogP contribution in [-0.2, 0) is 9.84 Å². The van der Waals surface area contributed by atoms with Crippen molar-refractivity contribution in [3.8, 4) is 5.75 Å². The highest BCUT2D eigenvalue weighted by molar-refractivity contribution is 7.91. The summed E-state index contributed by atoms with van der Waals surface area (Å²) in [6.45, 7) is 2.74. The van der Waals surface area contributed by atoms with Crippen LogP contribution in [0.2, 0.25) is 0 Å². The zero-order valence-electron chi connectivity index (χ0n) is 11.2. The summed E-state index contributed by atoms with van der Waals surface area (Å²) in [6, 6.07) is 7.36. The Morgan fingerprint density at radius 1 is 1.42 bits per heavy atom. The van der Waals surface area contributed by atoms with Crippen LogP contribution < -0.4 is 5.32 Å². The van der Waals surface area contributed by atoms with Gasteiger partial charge in [0, 0.05) is 11.6 Å². The third-order valence-electron chi connectivity index (χ3n) is 3.70. The molecule has 0 amide bonds. The van der Waals surface area contributed by atoms with E-state index in [1.807, 2.05) is 12.1 Å². The van der Waals surface area contributed by atoms with Crippen molar-refractivity contribution in [1.29, 1.82) is 0 Å². The van der Waals surface area contributed by atoms with Crippen LogP contribution in [0.1, 0.15) is 31.4 Å². The molecule has 1 fully saturated rings. The number of sulfone groups is 1. The quantitative estimate of drug-likeness (QED) is 0.865. The summed E-state index contributed by atoms with van der Waals surface area (Å²) in [6.07, 6.45) is 1.60. The Bertz CT molecular complexity index is 527. The van der Waals surface area contributed by atoms with Crippen LogP contribution in [0.5, 0.6) is 5.75 Å². The molecule has 19 heavy (non-hydrogen) atoms. The van der Waals surface area contributed by atoms with Gasteiger partial charge in [-0.05, 0) is 31.4 Å². The third kappa shape index (κ3) is 3.70. The Balaban J connectivity index is 1.96. The first-order valence-corrected chi connectivity index (χ1v) is 8.55. The van der Waals surface area contributed by atoms with E-state index in [0.717, 1.165) is 18.4 Å². The van der Waals surface area contributed by atoms with Crippen molar-refractivity contribution in [1.82, 2.24) is 5.32 Å². The Kier molecular flexibility index (Phi) is 4.47. The molecule has 0 radical (unpaired) electrons. The summed E-state index contributed by atoms with van der Waals surface area (Å²) in [5.74, 6) is 1.09. The minimum atomic E-state index is -2.81. The molecule has 0 aromatic heterocycles. The van der Waals surface area contributed by atoms with Gasteiger partial charge in [0.2, 0.25) is 0 Å². The van der Waals surface area contributed by atoms with E-state index in [9.17, 15) is 13.5 Å². The topological polar surface area (TPSA) is 66.4 Å². The van der Waals surface area contributed by atoms with Gasteiger partial charge in [0.25, 0.3) is 0 Å². The van der Waals surface area contributed by atoms with Gasteiger partial charge in [-0.3, -0.25) is 0 Å². The van der Waals surface area contributed by atoms with Crippen molar-refractivity contribution in [2.24, 2.45) is 5.92 Å². The predicted octanol–water partition coefficient (Wildman–Crippen LogP) is 1.87. The van der Waals surface area contributed by atoms with E-state index in [0.29, 0.717) is 18.0 Å². The summed E-state index contributed by atoms with van der Waals surface area (Å²) in [5.41, 5.74) is 0.880. The van der Waals surface area contributed by atoms with Crippen molar-refractivity contribution < 1.29 is 13.5 Å². The van der Waals surface area contributed by atoms with E-state index in [2.05, 4.69) is 12.2 Å². The average molecular weight is 283 g/mol. The summed E-state index contributed by atoms with van der Waals surface area (Å²) >= 11 is 0. The molecule has 0 saturated carbocycles. The van der Waals surface area contributed by atoms with Crippen LogP contribution in [-0.4, -0.2) is 31.6 Å². The van der Waals surface area contributed by atoms with Crippen LogP contribution in [0.15, 0.2) is 24.3 Å². The number of rotatable bonds is 5. The van der Waals surface area contributed by atoms with Crippen LogP contribution in [0.25, 0.3) is 0 Å². The molecule has 2 atom stereocenters. The van der Waals surface area contributed by atoms with Crippen molar-refractivity contribution >= 4 is 9.84 Å². The molecule has 1 saturated heterocycles. The number of para-hydroxylation sites is 1. The van der Waals surface area contributed by atoms with Gasteiger partial charge >= 0.3 is 0 Å². The van der Waals surface area contributed by atoms with Crippen molar-refractivity contribution in [3.05, 3.63) is 29.8 Å². The lowest BCUT2D eigenvalue weighted by Crippen LogP contribution is -2.27. The number of hydrogen-bond donors (Lipinski definition) is 2. The third-order valence-corrected chi connectivity index (χ3v) is 5.54. The van der Waals surface area contributed by atoms with Crippen molar-refractivity contribution in [3.63, 3.8) is 0 Å². The van der Waals surface area contributed by atoms with Crippen molar-refractivity contribution in [2.45, 2.75) is 25.8 Å². The zero-order valence-corrected chi connectivity index (χ0v) is 12.0. The molecule has 106 valence electrons. The van der Waals surface area contributed by atoms with Crippen molar-refractivity contribution in [2.75, 3.05) is 18.1 Å². The molecule has 2 N–H and O–H groups in total. The first kappa shape index (κ1) is 14.3. The lowest BCUT2D eigenvalue weighted by Gasteiger charge is -2.20. The first-order valence-electron chi connectivity index (χ1n) is 6.73. The Morgan fingerprint density at radius 3 is 2.74 bits per heavy atom. The largest absolute Gasteiger partial charge is 0.508 e. The van der Waals surface area contributed by atoms with Gasteiger partial charge < -0.3 is 10.4 Å². The summed E-state index contributed by atoms with van der Waals surface area (Å²) in [4.78, 5) is 0. The maximum absolute atomic E-state index is 11.4. The molecule has 1 heterocycles. The second-order valence-electron chi connectivity index (χ2n) is 5.20. The highest BCUT2D eigenvalue weighted by Gasteiger charge is 2.28. The lowest BCUT2D eigenvalue weighted by atomic mass is 10.0. The van der Waals surface area contributed by atoms with Crippen LogP contribution in [0, 0.1) is 5.92 Å². The summed E-state index contributed by atoms with van der Waals surface area (Å²) in [5, 5.41) is 13.2. The fourth-order valence-corrected chi connectivity index (χ4v) is 4.46. The van der Waals surface area contributed by atoms with E-state index < -0.39 is 9.84 Å². The number of phenols is 1. The molecule has 4 nitrogen and oxygen atoms in total. The fraction of sp³-hybridized carbons (Fsp3) is 0.571. The molecule has 2 rings (SSSR count). The van der Waals surface area contributed by atoms with Crippen LogP contribution in [0.4, 0.5) is 0 Å². The lowest BCUT2D eigenvalue weighted by molar-refractivity contribution is 0.420. The zero-order chi connectivity index (χ0) is 13.9. The molecule has 2 unspecified atom stereocenters. The molecule has 1 aliphatic heterocycles. The number of benzene rings is 1. The normalized spacial score (nSPS) is 23.3. The number of nitrogens with one attached hydrogen (secondary N) is 1. The summed E-state index contributed by atoms with van der Waals surface area (Å²) < 4.78 is 22.8. The minimum absolute atomic E-state index is 0.0736. The van der Waals surface area contributed by atoms with E-state index >= 15 is 0 Å². The van der Waals surface area contributed by atoms with Gasteiger partial charge in [0.05, 0.1) is 11.5 Å². The second kappa shape index (κ2) is 5.92. The second-order valence-corrected chi connectivity index (χ2v) is 7.43. The Hall–Kier alpha value is -1.07. The standard InChI is InChI=1S/C14H21NO3S/c1-2-13(12-5-3-4-6-14(12)16)15-9-11-7-8-19(17,18)10-11/h3-6,11,13,15-16H,2,7-10H2,1H3. The van der Waals surface area contributed by atoms with E-state index in [1.165, 1.54) is 0 Å². The smallest absolute Gasteiger partial charge is 0.150 e. The maximum atomic E-state index is 11.4. The van der Waals surface area contributed by atoms with E-state index in [-0.39, 0.29) is 17.7 Å².